The van der Waals surface area contributed by atoms with Crippen LogP contribution in [0.1, 0.15) is 5.56 Å². The summed E-state index contributed by atoms with van der Waals surface area (Å²) in [6.07, 6.45) is 0.243. The Kier molecular flexibility index (Phi) is 4.14. The molecule has 1 aromatic heterocycles. The number of hydrogen-bond donors (Lipinski definition) is 1. The van der Waals surface area contributed by atoms with Crippen molar-refractivity contribution in [1.29, 1.82) is 0 Å². The van der Waals surface area contributed by atoms with Gasteiger partial charge in [-0.25, -0.2) is 9.78 Å². The van der Waals surface area contributed by atoms with Gasteiger partial charge in [-0.3, -0.25) is 4.84 Å². The predicted octanol–water partition coefficient (Wildman–Crippen LogP) is 2.43. The second-order valence-electron chi connectivity index (χ2n) is 2.62. The van der Waals surface area contributed by atoms with E-state index in [2.05, 4.69) is 9.82 Å². The number of amides is 1. The van der Waals surface area contributed by atoms with Gasteiger partial charge in [0, 0.05) is 6.20 Å². The van der Waals surface area contributed by atoms with E-state index in [0.717, 1.165) is 5.06 Å². The molecule has 0 radical (unpaired) electrons. The first kappa shape index (κ1) is 12.0. The van der Waals surface area contributed by atoms with Crippen molar-refractivity contribution in [2.45, 2.75) is 6.54 Å². The zero-order valence-electron chi connectivity index (χ0n) is 7.78. The summed E-state index contributed by atoms with van der Waals surface area (Å²) in [5, 5.41) is 9.89. The number of hydroxylamine groups is 2. The molecule has 0 atom stereocenters. The average molecular weight is 251 g/mol. The minimum atomic E-state index is -1.19. The molecule has 0 aliphatic heterocycles. The molecule has 1 N–H and O–H groups in total. The lowest BCUT2D eigenvalue weighted by molar-refractivity contribution is -0.109. The Hall–Kier alpha value is -1.04. The Balaban J connectivity index is 2.80. The summed E-state index contributed by atoms with van der Waals surface area (Å²) >= 11 is 11.3. The van der Waals surface area contributed by atoms with Crippen molar-refractivity contribution in [3.8, 4) is 0 Å². The third-order valence-corrected chi connectivity index (χ3v) is 2.30. The molecule has 1 amide bonds. The minimum Gasteiger partial charge on any atom is -0.463 e. The highest BCUT2D eigenvalue weighted by molar-refractivity contribution is 6.41. The minimum absolute atomic E-state index is 0.0374. The van der Waals surface area contributed by atoms with Crippen LogP contribution in [0.5, 0.6) is 0 Å². The lowest BCUT2D eigenvalue weighted by atomic mass is 10.3. The normalized spacial score (nSPS) is 10.1. The molecule has 0 spiro atoms. The van der Waals surface area contributed by atoms with E-state index in [4.69, 9.17) is 28.3 Å². The number of nitrogens with zero attached hydrogens (tertiary/aromatic N) is 2. The maximum atomic E-state index is 10.6. The van der Waals surface area contributed by atoms with Crippen LogP contribution in [0.3, 0.4) is 0 Å². The Morgan fingerprint density at radius 1 is 1.67 bits per heavy atom. The Morgan fingerprint density at radius 3 is 2.80 bits per heavy atom. The summed E-state index contributed by atoms with van der Waals surface area (Å²) in [7, 11) is 1.26. The zero-order valence-corrected chi connectivity index (χ0v) is 9.29. The van der Waals surface area contributed by atoms with E-state index in [0.29, 0.717) is 5.56 Å². The molecule has 0 unspecified atom stereocenters. The number of aromatic nitrogens is 1. The summed E-state index contributed by atoms with van der Waals surface area (Å²) < 4.78 is 0. The maximum absolute atomic E-state index is 10.6. The molecule has 0 aliphatic carbocycles. The largest absolute Gasteiger partial charge is 0.463 e. The van der Waals surface area contributed by atoms with Crippen molar-refractivity contribution < 1.29 is 14.7 Å². The van der Waals surface area contributed by atoms with Crippen molar-refractivity contribution >= 4 is 29.3 Å². The SMILES string of the molecule is CON(Cc1cnc(Cl)c(Cl)c1)C(=O)O. The highest BCUT2D eigenvalue weighted by Crippen LogP contribution is 2.20. The summed E-state index contributed by atoms with van der Waals surface area (Å²) in [6, 6.07) is 1.53. The molecule has 5 nitrogen and oxygen atoms in total. The van der Waals surface area contributed by atoms with Gasteiger partial charge in [0.15, 0.2) is 0 Å². The van der Waals surface area contributed by atoms with Crippen LogP contribution in [-0.2, 0) is 11.4 Å². The quantitative estimate of drug-likeness (QED) is 0.661. The first-order valence-electron chi connectivity index (χ1n) is 3.89. The molecular weight excluding hydrogens is 243 g/mol. The monoisotopic (exact) mass is 250 g/mol. The molecule has 0 saturated heterocycles. The third-order valence-electron chi connectivity index (χ3n) is 1.61. The van der Waals surface area contributed by atoms with Crippen LogP contribution in [-0.4, -0.2) is 28.4 Å². The van der Waals surface area contributed by atoms with E-state index < -0.39 is 6.09 Å². The number of carboxylic acid groups (broad SMARTS) is 1. The molecule has 1 aromatic rings. The summed E-state index contributed by atoms with van der Waals surface area (Å²) in [6.45, 7) is 0.0374. The standard InChI is InChI=1S/C8H8Cl2N2O3/c1-15-12(8(13)14)4-5-2-6(9)7(10)11-3-5/h2-3H,4H2,1H3,(H,13,14). The van der Waals surface area contributed by atoms with Gasteiger partial charge >= 0.3 is 6.09 Å². The fourth-order valence-electron chi connectivity index (χ4n) is 0.923. The second kappa shape index (κ2) is 5.16. The van der Waals surface area contributed by atoms with E-state index >= 15 is 0 Å². The molecule has 15 heavy (non-hydrogen) atoms. The molecule has 0 bridgehead atoms. The average Bonchev–Trinajstić information content (AvgIpc) is 2.19. The highest BCUT2D eigenvalue weighted by atomic mass is 35.5. The fourth-order valence-corrected chi connectivity index (χ4v) is 1.22. The Labute approximate surface area is 96.1 Å². The summed E-state index contributed by atoms with van der Waals surface area (Å²) in [5.74, 6) is 0. The molecular formula is C8H8Cl2N2O3. The first-order valence-corrected chi connectivity index (χ1v) is 4.64. The molecule has 0 aromatic carbocycles. The molecule has 0 fully saturated rings. The maximum Gasteiger partial charge on any atom is 0.431 e. The first-order chi connectivity index (χ1) is 7.04. The zero-order chi connectivity index (χ0) is 11.4. The molecule has 0 aliphatic rings. The van der Waals surface area contributed by atoms with Gasteiger partial charge in [-0.1, -0.05) is 23.2 Å². The van der Waals surface area contributed by atoms with Crippen molar-refractivity contribution in [2.75, 3.05) is 7.11 Å². The fraction of sp³-hybridized carbons (Fsp3) is 0.250. The second-order valence-corrected chi connectivity index (χ2v) is 3.38. The Bertz CT molecular complexity index is 373. The molecule has 1 rings (SSSR count). The van der Waals surface area contributed by atoms with Gasteiger partial charge < -0.3 is 5.11 Å². The van der Waals surface area contributed by atoms with E-state index in [-0.39, 0.29) is 16.7 Å². The van der Waals surface area contributed by atoms with Gasteiger partial charge in [0.05, 0.1) is 18.7 Å². The van der Waals surface area contributed by atoms with E-state index in [9.17, 15) is 4.79 Å². The highest BCUT2D eigenvalue weighted by Gasteiger charge is 2.12. The van der Waals surface area contributed by atoms with Gasteiger partial charge in [0.2, 0.25) is 0 Å². The number of rotatable bonds is 3. The van der Waals surface area contributed by atoms with Crippen LogP contribution in [0.15, 0.2) is 12.3 Å². The topological polar surface area (TPSA) is 62.7 Å². The van der Waals surface area contributed by atoms with Crippen LogP contribution < -0.4 is 0 Å². The summed E-state index contributed by atoms with van der Waals surface area (Å²) in [5.41, 5.74) is 0.591. The van der Waals surface area contributed by atoms with Gasteiger partial charge in [-0.2, -0.15) is 5.06 Å². The molecule has 7 heteroatoms. The van der Waals surface area contributed by atoms with Gasteiger partial charge in [-0.15, -0.1) is 0 Å². The number of halogens is 2. The van der Waals surface area contributed by atoms with Crippen LogP contribution in [0.2, 0.25) is 10.2 Å². The Morgan fingerprint density at radius 2 is 2.33 bits per heavy atom. The third kappa shape index (κ3) is 3.23. The van der Waals surface area contributed by atoms with Crippen molar-refractivity contribution in [2.24, 2.45) is 0 Å². The lowest BCUT2D eigenvalue weighted by Crippen LogP contribution is -2.27. The molecule has 82 valence electrons. The van der Waals surface area contributed by atoms with Crippen LogP contribution in [0, 0.1) is 0 Å². The van der Waals surface area contributed by atoms with E-state index in [1.54, 1.807) is 0 Å². The van der Waals surface area contributed by atoms with Crippen LogP contribution >= 0.6 is 23.2 Å². The summed E-state index contributed by atoms with van der Waals surface area (Å²) in [4.78, 5) is 19.0. The van der Waals surface area contributed by atoms with E-state index in [1.165, 1.54) is 19.4 Å². The van der Waals surface area contributed by atoms with Gasteiger partial charge in [0.1, 0.15) is 5.15 Å². The smallest absolute Gasteiger partial charge is 0.431 e. The number of carbonyl (C=O) groups is 1. The lowest BCUT2D eigenvalue weighted by Gasteiger charge is -2.15. The van der Waals surface area contributed by atoms with Crippen molar-refractivity contribution in [3.05, 3.63) is 28.0 Å². The predicted molar refractivity (Wildman–Crippen MR) is 54.8 cm³/mol. The van der Waals surface area contributed by atoms with Gasteiger partial charge in [0.25, 0.3) is 0 Å². The number of pyridine rings is 1. The number of hydrogen-bond acceptors (Lipinski definition) is 3. The van der Waals surface area contributed by atoms with Crippen LogP contribution in [0.25, 0.3) is 0 Å². The van der Waals surface area contributed by atoms with E-state index in [1.807, 2.05) is 0 Å². The molecule has 0 saturated carbocycles. The molecule has 1 heterocycles. The van der Waals surface area contributed by atoms with Crippen LogP contribution in [0.4, 0.5) is 4.79 Å². The van der Waals surface area contributed by atoms with Crippen molar-refractivity contribution in [3.63, 3.8) is 0 Å². The van der Waals surface area contributed by atoms with Crippen molar-refractivity contribution in [1.82, 2.24) is 10.0 Å². The van der Waals surface area contributed by atoms with Gasteiger partial charge in [-0.05, 0) is 11.6 Å².